The standard InChI is InChI=1S/C15H17FN2O2S/c1-11-14(16)6-3-7-15(11)18-21(19,20)10-13-5-2-4-12(8-13)9-17/h2-8,18H,9-10,17H2,1H3. The number of halogens is 1. The third-order valence-electron chi connectivity index (χ3n) is 3.12. The molecule has 6 heteroatoms. The van der Waals surface area contributed by atoms with E-state index in [1.54, 1.807) is 18.2 Å². The fourth-order valence-electron chi connectivity index (χ4n) is 1.99. The highest BCUT2D eigenvalue weighted by atomic mass is 32.2. The van der Waals surface area contributed by atoms with Crippen molar-refractivity contribution < 1.29 is 12.8 Å². The summed E-state index contributed by atoms with van der Waals surface area (Å²) in [5.41, 5.74) is 7.57. The molecule has 0 radical (unpaired) electrons. The van der Waals surface area contributed by atoms with E-state index in [-0.39, 0.29) is 17.0 Å². The lowest BCUT2D eigenvalue weighted by atomic mass is 10.1. The first-order valence-corrected chi connectivity index (χ1v) is 8.10. The van der Waals surface area contributed by atoms with Crippen LogP contribution >= 0.6 is 0 Å². The van der Waals surface area contributed by atoms with Gasteiger partial charge in [0.2, 0.25) is 10.0 Å². The third-order valence-corrected chi connectivity index (χ3v) is 4.36. The monoisotopic (exact) mass is 308 g/mol. The lowest BCUT2D eigenvalue weighted by Gasteiger charge is -2.11. The quantitative estimate of drug-likeness (QED) is 0.891. The van der Waals surface area contributed by atoms with Gasteiger partial charge in [0.05, 0.1) is 11.4 Å². The molecule has 0 spiro atoms. The Balaban J connectivity index is 2.20. The zero-order chi connectivity index (χ0) is 15.5. The lowest BCUT2D eigenvalue weighted by Crippen LogP contribution is -2.16. The molecule has 2 aromatic carbocycles. The third kappa shape index (κ3) is 4.03. The van der Waals surface area contributed by atoms with Crippen LogP contribution < -0.4 is 10.5 Å². The maximum atomic E-state index is 13.4. The van der Waals surface area contributed by atoms with Crippen LogP contribution in [0, 0.1) is 12.7 Å². The van der Waals surface area contributed by atoms with E-state index in [2.05, 4.69) is 4.72 Å². The molecule has 0 atom stereocenters. The van der Waals surface area contributed by atoms with Crippen LogP contribution in [-0.2, 0) is 22.3 Å². The minimum atomic E-state index is -3.61. The van der Waals surface area contributed by atoms with Crippen LogP contribution in [-0.4, -0.2) is 8.42 Å². The van der Waals surface area contributed by atoms with Gasteiger partial charge in [-0.25, -0.2) is 12.8 Å². The summed E-state index contributed by atoms with van der Waals surface area (Å²) in [6.45, 7) is 1.88. The van der Waals surface area contributed by atoms with E-state index in [1.165, 1.54) is 25.1 Å². The van der Waals surface area contributed by atoms with Gasteiger partial charge in [-0.1, -0.05) is 30.3 Å². The predicted octanol–water partition coefficient (Wildman–Crippen LogP) is 2.53. The molecule has 0 aliphatic heterocycles. The average Bonchev–Trinajstić information content (AvgIpc) is 2.43. The number of benzene rings is 2. The van der Waals surface area contributed by atoms with Gasteiger partial charge in [-0.15, -0.1) is 0 Å². The molecular weight excluding hydrogens is 291 g/mol. The molecule has 0 aromatic heterocycles. The van der Waals surface area contributed by atoms with Gasteiger partial charge in [0.25, 0.3) is 0 Å². The first-order valence-electron chi connectivity index (χ1n) is 6.45. The Morgan fingerprint density at radius 2 is 1.81 bits per heavy atom. The zero-order valence-electron chi connectivity index (χ0n) is 11.6. The lowest BCUT2D eigenvalue weighted by molar-refractivity contribution is 0.600. The van der Waals surface area contributed by atoms with Gasteiger partial charge in [-0.2, -0.15) is 0 Å². The Labute approximate surface area is 123 Å². The maximum absolute atomic E-state index is 13.4. The Bertz CT molecular complexity index is 745. The topological polar surface area (TPSA) is 72.2 Å². The molecule has 0 bridgehead atoms. The van der Waals surface area contributed by atoms with E-state index in [0.717, 1.165) is 5.56 Å². The van der Waals surface area contributed by atoms with Crippen molar-refractivity contribution >= 4 is 15.7 Å². The van der Waals surface area contributed by atoms with Gasteiger partial charge in [0, 0.05) is 12.1 Å². The molecule has 0 saturated heterocycles. The second-order valence-electron chi connectivity index (χ2n) is 4.80. The highest BCUT2D eigenvalue weighted by Crippen LogP contribution is 2.20. The molecule has 21 heavy (non-hydrogen) atoms. The maximum Gasteiger partial charge on any atom is 0.236 e. The van der Waals surface area contributed by atoms with Gasteiger partial charge in [0.1, 0.15) is 5.82 Å². The van der Waals surface area contributed by atoms with Crippen molar-refractivity contribution in [3.8, 4) is 0 Å². The van der Waals surface area contributed by atoms with Crippen LogP contribution in [0.4, 0.5) is 10.1 Å². The van der Waals surface area contributed by atoms with Crippen LogP contribution in [0.3, 0.4) is 0 Å². The molecule has 0 aliphatic carbocycles. The molecule has 112 valence electrons. The molecule has 0 saturated carbocycles. The summed E-state index contributed by atoms with van der Waals surface area (Å²) >= 11 is 0. The average molecular weight is 308 g/mol. The van der Waals surface area contributed by atoms with Gasteiger partial charge in [0.15, 0.2) is 0 Å². The van der Waals surface area contributed by atoms with Crippen molar-refractivity contribution in [1.82, 2.24) is 0 Å². The van der Waals surface area contributed by atoms with Crippen molar-refractivity contribution in [3.05, 3.63) is 65.0 Å². The Morgan fingerprint density at radius 3 is 2.52 bits per heavy atom. The summed E-state index contributed by atoms with van der Waals surface area (Å²) in [6.07, 6.45) is 0. The Kier molecular flexibility index (Phi) is 4.59. The SMILES string of the molecule is Cc1c(F)cccc1NS(=O)(=O)Cc1cccc(CN)c1. The Hall–Kier alpha value is -1.92. The first kappa shape index (κ1) is 15.5. The smallest absolute Gasteiger partial charge is 0.236 e. The van der Waals surface area contributed by atoms with E-state index in [0.29, 0.717) is 12.1 Å². The summed E-state index contributed by atoms with van der Waals surface area (Å²) in [5, 5.41) is 0. The van der Waals surface area contributed by atoms with Gasteiger partial charge < -0.3 is 5.73 Å². The van der Waals surface area contributed by atoms with E-state index < -0.39 is 15.8 Å². The van der Waals surface area contributed by atoms with Crippen molar-refractivity contribution in [1.29, 1.82) is 0 Å². The molecule has 0 amide bonds. The number of sulfonamides is 1. The molecular formula is C15H17FN2O2S. The highest BCUT2D eigenvalue weighted by Gasteiger charge is 2.14. The van der Waals surface area contributed by atoms with Crippen LogP contribution in [0.1, 0.15) is 16.7 Å². The number of nitrogens with one attached hydrogen (secondary N) is 1. The Morgan fingerprint density at radius 1 is 1.14 bits per heavy atom. The molecule has 3 N–H and O–H groups in total. The van der Waals surface area contributed by atoms with Crippen LogP contribution in [0.25, 0.3) is 0 Å². The van der Waals surface area contributed by atoms with E-state index in [9.17, 15) is 12.8 Å². The van der Waals surface area contributed by atoms with Gasteiger partial charge >= 0.3 is 0 Å². The van der Waals surface area contributed by atoms with Gasteiger partial charge in [-0.3, -0.25) is 4.72 Å². The van der Waals surface area contributed by atoms with Gasteiger partial charge in [-0.05, 0) is 30.2 Å². The number of anilines is 1. The van der Waals surface area contributed by atoms with Crippen molar-refractivity contribution in [2.24, 2.45) is 5.73 Å². The number of hydrogen-bond acceptors (Lipinski definition) is 3. The summed E-state index contributed by atoms with van der Waals surface area (Å²) in [6, 6.07) is 11.4. The number of hydrogen-bond donors (Lipinski definition) is 2. The molecule has 2 aromatic rings. The minimum absolute atomic E-state index is 0.184. The predicted molar refractivity (Wildman–Crippen MR) is 81.7 cm³/mol. The fourth-order valence-corrected chi connectivity index (χ4v) is 3.23. The van der Waals surface area contributed by atoms with Crippen molar-refractivity contribution in [2.75, 3.05) is 4.72 Å². The van der Waals surface area contributed by atoms with E-state index >= 15 is 0 Å². The molecule has 4 nitrogen and oxygen atoms in total. The normalized spacial score (nSPS) is 11.4. The van der Waals surface area contributed by atoms with E-state index in [4.69, 9.17) is 5.73 Å². The molecule has 0 unspecified atom stereocenters. The van der Waals surface area contributed by atoms with Crippen LogP contribution in [0.2, 0.25) is 0 Å². The molecule has 0 fully saturated rings. The summed E-state index contributed by atoms with van der Waals surface area (Å²) < 4.78 is 40.2. The second kappa shape index (κ2) is 6.24. The summed E-state index contributed by atoms with van der Waals surface area (Å²) in [4.78, 5) is 0. The van der Waals surface area contributed by atoms with Crippen molar-refractivity contribution in [2.45, 2.75) is 19.2 Å². The molecule has 0 aliphatic rings. The van der Waals surface area contributed by atoms with Crippen molar-refractivity contribution in [3.63, 3.8) is 0 Å². The molecule has 0 heterocycles. The summed E-state index contributed by atoms with van der Waals surface area (Å²) in [7, 11) is -3.61. The fraction of sp³-hybridized carbons (Fsp3) is 0.200. The molecule has 2 rings (SSSR count). The van der Waals surface area contributed by atoms with E-state index in [1.807, 2.05) is 6.07 Å². The first-order chi connectivity index (χ1) is 9.91. The number of rotatable bonds is 5. The second-order valence-corrected chi connectivity index (χ2v) is 6.52. The summed E-state index contributed by atoms with van der Waals surface area (Å²) in [5.74, 6) is -0.628. The largest absolute Gasteiger partial charge is 0.326 e. The van der Waals surface area contributed by atoms with Crippen LogP contribution in [0.5, 0.6) is 0 Å². The minimum Gasteiger partial charge on any atom is -0.326 e. The zero-order valence-corrected chi connectivity index (χ0v) is 12.5. The number of nitrogens with two attached hydrogens (primary N) is 1. The highest BCUT2D eigenvalue weighted by molar-refractivity contribution is 7.91. The van der Waals surface area contributed by atoms with Crippen LogP contribution in [0.15, 0.2) is 42.5 Å².